The van der Waals surface area contributed by atoms with Crippen LogP contribution in [0.4, 0.5) is 5.69 Å². The summed E-state index contributed by atoms with van der Waals surface area (Å²) in [5.74, 6) is 0.0686. The molecule has 0 radical (unpaired) electrons. The van der Waals surface area contributed by atoms with Crippen LogP contribution in [-0.4, -0.2) is 49.4 Å². The Balaban J connectivity index is 2.08. The van der Waals surface area contributed by atoms with Gasteiger partial charge in [0.1, 0.15) is 10.6 Å². The van der Waals surface area contributed by atoms with E-state index < -0.39 is 21.0 Å². The number of nitro benzene ring substituents is 1. The van der Waals surface area contributed by atoms with Crippen LogP contribution in [0.2, 0.25) is 0 Å². The number of sulfonamides is 1. The summed E-state index contributed by atoms with van der Waals surface area (Å²) in [4.78, 5) is 14.3. The van der Waals surface area contributed by atoms with Crippen molar-refractivity contribution in [3.8, 4) is 5.75 Å². The van der Waals surface area contributed by atoms with E-state index in [-0.39, 0.29) is 22.9 Å². The molecule has 0 saturated carbocycles. The summed E-state index contributed by atoms with van der Waals surface area (Å²) in [6, 6.07) is 6.63. The van der Waals surface area contributed by atoms with E-state index in [1.165, 1.54) is 23.5 Å². The van der Waals surface area contributed by atoms with Crippen LogP contribution in [0.25, 0.3) is 0 Å². The lowest BCUT2D eigenvalue weighted by Gasteiger charge is -2.35. The van der Waals surface area contributed by atoms with Crippen molar-refractivity contribution in [3.63, 3.8) is 0 Å². The van der Waals surface area contributed by atoms with Gasteiger partial charge in [-0.2, -0.15) is 4.31 Å². The lowest BCUT2D eigenvalue weighted by molar-refractivity contribution is -0.385. The summed E-state index contributed by atoms with van der Waals surface area (Å²) < 4.78 is 33.1. The van der Waals surface area contributed by atoms with Crippen LogP contribution in [-0.2, 0) is 10.0 Å². The Hall–Kier alpha value is -2.56. The molecule has 0 aliphatic carbocycles. The second-order valence-electron chi connectivity index (χ2n) is 5.71. The van der Waals surface area contributed by atoms with Crippen LogP contribution in [0.15, 0.2) is 47.6 Å². The van der Waals surface area contributed by atoms with Crippen molar-refractivity contribution in [1.82, 2.24) is 14.6 Å². The summed E-state index contributed by atoms with van der Waals surface area (Å²) in [6.45, 7) is 1.13. The fraction of sp³-hybridized carbons (Fsp3) is 0.312. The summed E-state index contributed by atoms with van der Waals surface area (Å²) in [7, 11) is -2.69. The molecule has 2 heterocycles. The van der Waals surface area contributed by atoms with E-state index in [4.69, 9.17) is 4.74 Å². The number of pyridine rings is 1. The number of benzene rings is 1. The second-order valence-corrected chi connectivity index (χ2v) is 7.57. The van der Waals surface area contributed by atoms with Gasteiger partial charge in [0.2, 0.25) is 10.0 Å². The van der Waals surface area contributed by atoms with Gasteiger partial charge in [-0.15, -0.1) is 0 Å². The van der Waals surface area contributed by atoms with Crippen LogP contribution in [0.3, 0.4) is 0 Å². The Kier molecular flexibility index (Phi) is 5.16. The van der Waals surface area contributed by atoms with Crippen molar-refractivity contribution in [2.24, 2.45) is 0 Å². The van der Waals surface area contributed by atoms with Gasteiger partial charge in [-0.25, -0.2) is 8.42 Å². The average molecular weight is 378 g/mol. The number of aromatic nitrogens is 1. The summed E-state index contributed by atoms with van der Waals surface area (Å²) in [5.41, 5.74) is 0.435. The number of nitrogens with one attached hydrogen (secondary N) is 1. The first-order valence-corrected chi connectivity index (χ1v) is 9.34. The molecular formula is C16H18N4O5S. The Morgan fingerprint density at radius 2 is 2.19 bits per heavy atom. The zero-order chi connectivity index (χ0) is 18.7. The zero-order valence-electron chi connectivity index (χ0n) is 14.0. The van der Waals surface area contributed by atoms with Crippen LogP contribution < -0.4 is 10.1 Å². The molecule has 0 spiro atoms. The molecule has 1 aliphatic rings. The molecule has 0 amide bonds. The number of nitrogens with zero attached hydrogens (tertiary/aromatic N) is 3. The Morgan fingerprint density at radius 3 is 2.85 bits per heavy atom. The van der Waals surface area contributed by atoms with Gasteiger partial charge in [0, 0.05) is 44.2 Å². The van der Waals surface area contributed by atoms with Gasteiger partial charge in [0.25, 0.3) is 5.69 Å². The van der Waals surface area contributed by atoms with Crippen LogP contribution in [0.1, 0.15) is 11.6 Å². The number of non-ortho nitro benzene ring substituents is 1. The van der Waals surface area contributed by atoms with Crippen molar-refractivity contribution in [2.45, 2.75) is 10.9 Å². The number of hydrogen-bond acceptors (Lipinski definition) is 7. The van der Waals surface area contributed by atoms with Gasteiger partial charge in [0.05, 0.1) is 18.1 Å². The van der Waals surface area contributed by atoms with E-state index in [2.05, 4.69) is 10.3 Å². The molecule has 1 saturated heterocycles. The summed E-state index contributed by atoms with van der Waals surface area (Å²) in [6.07, 6.45) is 3.23. The Bertz CT molecular complexity index is 904. The van der Waals surface area contributed by atoms with Crippen molar-refractivity contribution < 1.29 is 18.1 Å². The molecule has 138 valence electrons. The van der Waals surface area contributed by atoms with Crippen molar-refractivity contribution >= 4 is 15.7 Å². The smallest absolute Gasteiger partial charge is 0.271 e. The predicted octanol–water partition coefficient (Wildman–Crippen LogP) is 1.33. The lowest BCUT2D eigenvalue weighted by atomic mass is 10.1. The predicted molar refractivity (Wildman–Crippen MR) is 93.4 cm³/mol. The topological polar surface area (TPSA) is 115 Å². The minimum atomic E-state index is -4.02. The molecule has 1 aromatic carbocycles. The number of hydrogen-bond donors (Lipinski definition) is 1. The maximum Gasteiger partial charge on any atom is 0.271 e. The SMILES string of the molecule is COc1ccc([N+](=O)[O-])cc1S(=O)(=O)N1CCNCC1c1cccnc1. The minimum absolute atomic E-state index is 0.0686. The van der Waals surface area contributed by atoms with Crippen molar-refractivity contribution in [3.05, 3.63) is 58.4 Å². The number of nitro groups is 1. The lowest BCUT2D eigenvalue weighted by Crippen LogP contribution is -2.48. The molecule has 1 N–H and O–H groups in total. The highest BCUT2D eigenvalue weighted by Crippen LogP contribution is 2.34. The molecule has 1 fully saturated rings. The highest BCUT2D eigenvalue weighted by Gasteiger charge is 2.37. The molecule has 3 rings (SSSR count). The molecule has 0 bridgehead atoms. The molecule has 1 aromatic heterocycles. The normalized spacial score (nSPS) is 18.4. The zero-order valence-corrected chi connectivity index (χ0v) is 14.8. The second kappa shape index (κ2) is 7.36. The number of piperazine rings is 1. The summed E-state index contributed by atoms with van der Waals surface area (Å²) in [5, 5.41) is 14.3. The number of ether oxygens (including phenoxy) is 1. The largest absolute Gasteiger partial charge is 0.495 e. The molecular weight excluding hydrogens is 360 g/mol. The van der Waals surface area contributed by atoms with E-state index in [1.54, 1.807) is 24.5 Å². The third-order valence-corrected chi connectivity index (χ3v) is 6.14. The van der Waals surface area contributed by atoms with E-state index in [0.29, 0.717) is 13.1 Å². The number of methoxy groups -OCH3 is 1. The standard InChI is InChI=1S/C16H18N4O5S/c1-25-15-5-4-13(20(21)22)9-16(15)26(23,24)19-8-7-18-11-14(19)12-3-2-6-17-10-12/h2-6,9-10,14,18H,7-8,11H2,1H3. The monoisotopic (exact) mass is 378 g/mol. The third kappa shape index (κ3) is 3.39. The van der Waals surface area contributed by atoms with Crippen LogP contribution in [0.5, 0.6) is 5.75 Å². The highest BCUT2D eigenvalue weighted by molar-refractivity contribution is 7.89. The minimum Gasteiger partial charge on any atom is -0.495 e. The Labute approximate surface area is 150 Å². The molecule has 2 aromatic rings. The quantitative estimate of drug-likeness (QED) is 0.616. The maximum absolute atomic E-state index is 13.3. The molecule has 26 heavy (non-hydrogen) atoms. The highest BCUT2D eigenvalue weighted by atomic mass is 32.2. The van der Waals surface area contributed by atoms with E-state index in [0.717, 1.165) is 11.6 Å². The first-order valence-electron chi connectivity index (χ1n) is 7.90. The summed E-state index contributed by atoms with van der Waals surface area (Å²) >= 11 is 0. The molecule has 9 nitrogen and oxygen atoms in total. The molecule has 1 aliphatic heterocycles. The first kappa shape index (κ1) is 18.2. The first-order chi connectivity index (χ1) is 12.4. The molecule has 1 unspecified atom stereocenters. The molecule has 1 atom stereocenters. The van der Waals surface area contributed by atoms with Crippen molar-refractivity contribution in [2.75, 3.05) is 26.7 Å². The van der Waals surface area contributed by atoms with Gasteiger partial charge in [-0.05, 0) is 17.7 Å². The van der Waals surface area contributed by atoms with Crippen LogP contribution in [0, 0.1) is 10.1 Å². The fourth-order valence-corrected chi connectivity index (χ4v) is 4.73. The van der Waals surface area contributed by atoms with Crippen molar-refractivity contribution in [1.29, 1.82) is 0 Å². The van der Waals surface area contributed by atoms with E-state index in [9.17, 15) is 18.5 Å². The van der Waals surface area contributed by atoms with Gasteiger partial charge in [-0.1, -0.05) is 6.07 Å². The van der Waals surface area contributed by atoms with Gasteiger partial charge >= 0.3 is 0 Å². The van der Waals surface area contributed by atoms with E-state index >= 15 is 0 Å². The third-order valence-electron chi connectivity index (χ3n) is 4.21. The Morgan fingerprint density at radius 1 is 1.38 bits per heavy atom. The maximum atomic E-state index is 13.3. The average Bonchev–Trinajstić information content (AvgIpc) is 2.68. The number of rotatable bonds is 5. The van der Waals surface area contributed by atoms with Crippen LogP contribution >= 0.6 is 0 Å². The van der Waals surface area contributed by atoms with Gasteiger partial charge in [0.15, 0.2) is 0 Å². The van der Waals surface area contributed by atoms with Gasteiger partial charge in [-0.3, -0.25) is 15.1 Å². The van der Waals surface area contributed by atoms with E-state index in [1.807, 2.05) is 0 Å². The molecule has 10 heteroatoms. The van der Waals surface area contributed by atoms with Gasteiger partial charge < -0.3 is 10.1 Å². The fourth-order valence-electron chi connectivity index (χ4n) is 2.94.